The number of hydrogen-bond acceptors (Lipinski definition) is 5. The highest BCUT2D eigenvalue weighted by Crippen LogP contribution is 2.35. The number of piperazine rings is 1. The van der Waals surface area contributed by atoms with Gasteiger partial charge in [0.15, 0.2) is 0 Å². The monoisotopic (exact) mass is 524 g/mol. The summed E-state index contributed by atoms with van der Waals surface area (Å²) in [5, 5.41) is 9.33. The number of ether oxygens (including phenoxy) is 2. The van der Waals surface area contributed by atoms with Crippen molar-refractivity contribution in [3.05, 3.63) is 53.6 Å². The number of carbonyl (C=O) groups excluding carboxylic acids is 1. The minimum absolute atomic E-state index is 0.0515. The fraction of sp³-hybridized carbons (Fsp3) is 0.548. The van der Waals surface area contributed by atoms with Crippen LogP contribution in [0.3, 0.4) is 0 Å². The molecule has 1 fully saturated rings. The highest BCUT2D eigenvalue weighted by atomic mass is 16.5. The molecule has 0 bridgehead atoms. The molecule has 3 rings (SSSR count). The lowest BCUT2D eigenvalue weighted by molar-refractivity contribution is -0.141. The molecule has 2 aromatic carbocycles. The number of aliphatic carboxylic acids is 1. The number of carboxylic acid groups (broad SMARTS) is 1. The number of carbonyl (C=O) groups is 2. The van der Waals surface area contributed by atoms with Gasteiger partial charge in [0.25, 0.3) is 0 Å². The van der Waals surface area contributed by atoms with Crippen molar-refractivity contribution in [1.29, 1.82) is 0 Å². The second-order valence-electron chi connectivity index (χ2n) is 11.2. The van der Waals surface area contributed by atoms with Crippen LogP contribution in [0.4, 0.5) is 0 Å². The van der Waals surface area contributed by atoms with Gasteiger partial charge in [0, 0.05) is 63.8 Å². The van der Waals surface area contributed by atoms with E-state index >= 15 is 0 Å². The number of nitrogens with zero attached hydrogens (tertiary/aromatic N) is 2. The summed E-state index contributed by atoms with van der Waals surface area (Å²) in [5.41, 5.74) is 3.94. The summed E-state index contributed by atoms with van der Waals surface area (Å²) < 4.78 is 11.3. The second-order valence-corrected chi connectivity index (χ2v) is 11.2. The Hall–Kier alpha value is -2.90. The van der Waals surface area contributed by atoms with Crippen LogP contribution in [-0.4, -0.2) is 73.3 Å². The lowest BCUT2D eigenvalue weighted by Crippen LogP contribution is -2.51. The summed E-state index contributed by atoms with van der Waals surface area (Å²) in [6, 6.07) is 14.6. The maximum Gasteiger partial charge on any atom is 0.303 e. The molecule has 0 saturated carbocycles. The first-order valence-corrected chi connectivity index (χ1v) is 13.7. The van der Waals surface area contributed by atoms with Gasteiger partial charge in [0.2, 0.25) is 5.91 Å². The average molecular weight is 525 g/mol. The van der Waals surface area contributed by atoms with E-state index in [2.05, 4.69) is 29.2 Å². The van der Waals surface area contributed by atoms with Crippen molar-refractivity contribution >= 4 is 11.9 Å². The van der Waals surface area contributed by atoms with E-state index in [1.165, 1.54) is 5.56 Å². The molecule has 208 valence electrons. The Morgan fingerprint density at radius 2 is 1.68 bits per heavy atom. The number of carboxylic acids is 1. The molecule has 7 nitrogen and oxygen atoms in total. The molecule has 1 saturated heterocycles. The lowest BCUT2D eigenvalue weighted by atomic mass is 9.91. The van der Waals surface area contributed by atoms with Crippen LogP contribution in [0.25, 0.3) is 11.1 Å². The molecule has 1 heterocycles. The van der Waals surface area contributed by atoms with Gasteiger partial charge in [-0.05, 0) is 35.1 Å². The van der Waals surface area contributed by atoms with Crippen LogP contribution in [0, 0.1) is 5.41 Å². The summed E-state index contributed by atoms with van der Waals surface area (Å²) in [6.07, 6.45) is 1.63. The van der Waals surface area contributed by atoms with Crippen LogP contribution in [0.15, 0.2) is 42.5 Å². The topological polar surface area (TPSA) is 79.3 Å². The Morgan fingerprint density at radius 3 is 2.26 bits per heavy atom. The smallest absolute Gasteiger partial charge is 0.303 e. The number of amides is 1. The van der Waals surface area contributed by atoms with Gasteiger partial charge in [-0.3, -0.25) is 14.5 Å². The number of methoxy groups -OCH3 is 1. The van der Waals surface area contributed by atoms with Gasteiger partial charge >= 0.3 is 5.97 Å². The Kier molecular flexibility index (Phi) is 10.7. The Labute approximate surface area is 227 Å². The molecule has 1 atom stereocenters. The highest BCUT2D eigenvalue weighted by molar-refractivity contribution is 5.81. The molecule has 0 aliphatic carbocycles. The number of hydrogen-bond donors (Lipinski definition) is 1. The largest absolute Gasteiger partial charge is 0.493 e. The number of benzene rings is 2. The second kappa shape index (κ2) is 13.8. The first-order valence-electron chi connectivity index (χ1n) is 13.7. The maximum atomic E-state index is 12.6. The van der Waals surface area contributed by atoms with Crippen molar-refractivity contribution in [2.45, 2.75) is 59.4 Å². The van der Waals surface area contributed by atoms with Crippen molar-refractivity contribution in [3.8, 4) is 16.9 Å². The molecule has 0 radical (unpaired) electrons. The first-order chi connectivity index (χ1) is 18.1. The first kappa shape index (κ1) is 29.7. The zero-order valence-electron chi connectivity index (χ0n) is 23.7. The van der Waals surface area contributed by atoms with Crippen LogP contribution in [-0.2, 0) is 20.9 Å². The van der Waals surface area contributed by atoms with Crippen molar-refractivity contribution in [2.24, 2.45) is 5.41 Å². The predicted octanol–water partition coefficient (Wildman–Crippen LogP) is 5.43. The van der Waals surface area contributed by atoms with Gasteiger partial charge in [-0.2, -0.15) is 0 Å². The van der Waals surface area contributed by atoms with Gasteiger partial charge in [-0.15, -0.1) is 0 Å². The lowest BCUT2D eigenvalue weighted by Gasteiger charge is -2.37. The van der Waals surface area contributed by atoms with E-state index in [4.69, 9.17) is 9.47 Å². The third-order valence-electron chi connectivity index (χ3n) is 7.11. The van der Waals surface area contributed by atoms with Crippen LogP contribution in [0.2, 0.25) is 0 Å². The molecule has 0 aromatic heterocycles. The van der Waals surface area contributed by atoms with Gasteiger partial charge in [0.05, 0.1) is 13.0 Å². The average Bonchev–Trinajstić information content (AvgIpc) is 2.89. The van der Waals surface area contributed by atoms with Gasteiger partial charge in [0.1, 0.15) is 5.75 Å². The van der Waals surface area contributed by atoms with Gasteiger partial charge < -0.3 is 19.5 Å². The SMILES string of the molecule is CCC(CC(=O)O)c1ccc(-c2ccc(CN3CCN(C(=O)C(C)(C)C)CC3)cc2)c(OCCCOC)c1. The fourth-order valence-corrected chi connectivity index (χ4v) is 4.88. The predicted molar refractivity (Wildman–Crippen MR) is 150 cm³/mol. The molecule has 0 spiro atoms. The van der Waals surface area contributed by atoms with Crippen LogP contribution < -0.4 is 4.74 Å². The minimum Gasteiger partial charge on any atom is -0.493 e. The zero-order valence-corrected chi connectivity index (χ0v) is 23.7. The Balaban J connectivity index is 1.71. The normalized spacial score (nSPS) is 15.3. The van der Waals surface area contributed by atoms with E-state index < -0.39 is 5.97 Å². The molecular weight excluding hydrogens is 480 g/mol. The van der Waals surface area contributed by atoms with Crippen molar-refractivity contribution < 1.29 is 24.2 Å². The van der Waals surface area contributed by atoms with Crippen molar-refractivity contribution in [3.63, 3.8) is 0 Å². The van der Waals surface area contributed by atoms with E-state index in [0.29, 0.717) is 13.2 Å². The van der Waals surface area contributed by atoms with Crippen LogP contribution in [0.1, 0.15) is 64.0 Å². The van der Waals surface area contributed by atoms with E-state index in [9.17, 15) is 14.7 Å². The number of rotatable bonds is 12. The molecule has 7 heteroatoms. The molecule has 1 aliphatic heterocycles. The molecule has 1 unspecified atom stereocenters. The Bertz CT molecular complexity index is 1050. The zero-order chi connectivity index (χ0) is 27.7. The maximum absolute atomic E-state index is 12.6. The van der Waals surface area contributed by atoms with E-state index in [1.807, 2.05) is 50.8 Å². The summed E-state index contributed by atoms with van der Waals surface area (Å²) in [5.74, 6) is 0.154. The summed E-state index contributed by atoms with van der Waals surface area (Å²) in [4.78, 5) is 28.3. The summed E-state index contributed by atoms with van der Waals surface area (Å²) in [7, 11) is 1.68. The molecular formula is C31H44N2O5. The van der Waals surface area contributed by atoms with Crippen LogP contribution >= 0.6 is 0 Å². The third kappa shape index (κ3) is 8.30. The van der Waals surface area contributed by atoms with Crippen molar-refractivity contribution in [2.75, 3.05) is 46.5 Å². The minimum atomic E-state index is -0.790. The molecule has 38 heavy (non-hydrogen) atoms. The Morgan fingerprint density at radius 1 is 1.00 bits per heavy atom. The summed E-state index contributed by atoms with van der Waals surface area (Å²) in [6.45, 7) is 13.2. The van der Waals surface area contributed by atoms with Gasteiger partial charge in [-0.25, -0.2) is 0 Å². The highest BCUT2D eigenvalue weighted by Gasteiger charge is 2.29. The molecule has 1 amide bonds. The standard InChI is InChI=1S/C31H44N2O5/c1-6-24(21-29(34)35)26-12-13-27(28(20-26)38-19-7-18-37-5)25-10-8-23(9-11-25)22-32-14-16-33(17-15-32)30(36)31(2,3)4/h8-13,20,24H,6-7,14-19,21-22H2,1-5H3,(H,34,35). The van der Waals surface area contributed by atoms with Crippen molar-refractivity contribution in [1.82, 2.24) is 9.80 Å². The quantitative estimate of drug-likeness (QED) is 0.373. The van der Waals surface area contributed by atoms with E-state index in [-0.39, 0.29) is 23.7 Å². The van der Waals surface area contributed by atoms with E-state index in [1.54, 1.807) is 7.11 Å². The van der Waals surface area contributed by atoms with Crippen LogP contribution in [0.5, 0.6) is 5.75 Å². The fourth-order valence-electron chi connectivity index (χ4n) is 4.88. The van der Waals surface area contributed by atoms with Gasteiger partial charge in [-0.1, -0.05) is 64.1 Å². The molecule has 2 aromatic rings. The molecule has 1 N–H and O–H groups in total. The third-order valence-corrected chi connectivity index (χ3v) is 7.11. The summed E-state index contributed by atoms with van der Waals surface area (Å²) >= 11 is 0. The molecule has 1 aliphatic rings. The van der Waals surface area contributed by atoms with E-state index in [0.717, 1.165) is 68.0 Å².